The van der Waals surface area contributed by atoms with Gasteiger partial charge in [0.1, 0.15) is 6.04 Å². The third-order valence-corrected chi connectivity index (χ3v) is 3.65. The molecule has 1 saturated heterocycles. The van der Waals surface area contributed by atoms with Gasteiger partial charge in [-0.3, -0.25) is 4.90 Å². The lowest BCUT2D eigenvalue weighted by Crippen LogP contribution is -2.50. The van der Waals surface area contributed by atoms with E-state index in [9.17, 15) is 0 Å². The zero-order valence-electron chi connectivity index (χ0n) is 11.3. The van der Waals surface area contributed by atoms with Crippen LogP contribution in [0.3, 0.4) is 0 Å². The summed E-state index contributed by atoms with van der Waals surface area (Å²) in [7, 11) is 0. The molecule has 0 spiro atoms. The van der Waals surface area contributed by atoms with Gasteiger partial charge >= 0.3 is 0 Å². The predicted molar refractivity (Wildman–Crippen MR) is 77.4 cm³/mol. The third-order valence-electron chi connectivity index (χ3n) is 3.40. The van der Waals surface area contributed by atoms with Gasteiger partial charge in [0, 0.05) is 30.2 Å². The summed E-state index contributed by atoms with van der Waals surface area (Å²) in [5, 5.41) is 21.1. The van der Waals surface area contributed by atoms with E-state index in [0.717, 1.165) is 18.7 Å². The minimum atomic E-state index is -0.162. The Kier molecular flexibility index (Phi) is 4.15. The van der Waals surface area contributed by atoms with E-state index in [4.69, 9.17) is 21.3 Å². The quantitative estimate of drug-likeness (QED) is 0.929. The number of aromatic nitrogens is 2. The summed E-state index contributed by atoms with van der Waals surface area (Å²) in [5.74, 6) is 0.979. The molecule has 1 N–H and O–H groups in total. The molecule has 1 aliphatic rings. The summed E-state index contributed by atoms with van der Waals surface area (Å²) >= 11 is 5.86. The highest BCUT2D eigenvalue weighted by Crippen LogP contribution is 2.21. The highest BCUT2D eigenvalue weighted by molar-refractivity contribution is 6.30. The van der Waals surface area contributed by atoms with Crippen LogP contribution < -0.4 is 5.32 Å². The summed E-state index contributed by atoms with van der Waals surface area (Å²) < 4.78 is 5.67. The first-order valence-corrected chi connectivity index (χ1v) is 7.07. The highest BCUT2D eigenvalue weighted by Gasteiger charge is 2.23. The Labute approximate surface area is 127 Å². The second-order valence-corrected chi connectivity index (χ2v) is 5.26. The lowest BCUT2D eigenvalue weighted by molar-refractivity contribution is 0.173. The molecule has 108 valence electrons. The van der Waals surface area contributed by atoms with E-state index < -0.39 is 0 Å². The van der Waals surface area contributed by atoms with Crippen LogP contribution in [0.1, 0.15) is 5.89 Å². The van der Waals surface area contributed by atoms with Gasteiger partial charge in [-0.2, -0.15) is 5.26 Å². The number of hydrogen-bond acceptors (Lipinski definition) is 6. The fraction of sp³-hybridized carbons (Fsp3) is 0.357. The van der Waals surface area contributed by atoms with Gasteiger partial charge in [0.2, 0.25) is 11.8 Å². The second-order valence-electron chi connectivity index (χ2n) is 4.83. The van der Waals surface area contributed by atoms with E-state index in [1.807, 2.05) is 17.0 Å². The van der Waals surface area contributed by atoms with Crippen molar-refractivity contribution in [3.63, 3.8) is 0 Å². The highest BCUT2D eigenvalue weighted by atomic mass is 35.5. The topological polar surface area (TPSA) is 78.0 Å². The Balaban J connectivity index is 1.73. The number of rotatable bonds is 3. The summed E-state index contributed by atoms with van der Waals surface area (Å²) in [4.78, 5) is 2.04. The molecule has 2 heterocycles. The van der Waals surface area contributed by atoms with Crippen molar-refractivity contribution < 1.29 is 4.42 Å². The minimum Gasteiger partial charge on any atom is -0.419 e. The molecular weight excluding hydrogens is 290 g/mol. The third kappa shape index (κ3) is 3.22. The number of hydrogen-bond donors (Lipinski definition) is 1. The molecule has 1 unspecified atom stereocenters. The molecule has 1 aromatic carbocycles. The van der Waals surface area contributed by atoms with Crippen LogP contribution >= 0.6 is 11.6 Å². The first-order chi connectivity index (χ1) is 10.3. The van der Waals surface area contributed by atoms with E-state index in [1.54, 1.807) is 12.1 Å². The number of piperazine rings is 1. The Morgan fingerprint density at radius 1 is 1.38 bits per heavy atom. The lowest BCUT2D eigenvalue weighted by atomic mass is 10.2. The Morgan fingerprint density at radius 2 is 2.19 bits per heavy atom. The van der Waals surface area contributed by atoms with Crippen LogP contribution in [0.15, 0.2) is 28.7 Å². The molecule has 0 bridgehead atoms. The van der Waals surface area contributed by atoms with Crippen molar-refractivity contribution in [3.8, 4) is 17.5 Å². The van der Waals surface area contributed by atoms with Crippen molar-refractivity contribution in [1.82, 2.24) is 20.4 Å². The van der Waals surface area contributed by atoms with Crippen LogP contribution in [0.2, 0.25) is 5.02 Å². The van der Waals surface area contributed by atoms with Crippen LogP contribution in [-0.2, 0) is 6.54 Å². The average Bonchev–Trinajstić information content (AvgIpc) is 2.97. The standard InChI is InChI=1S/C14H14ClN5O/c15-11-3-1-10(2-4-11)14-19-18-13(21-14)9-20-6-5-17-8-12(20)7-16/h1-4,12,17H,5-6,8-9H2. The summed E-state index contributed by atoms with van der Waals surface area (Å²) in [6.07, 6.45) is 0. The lowest BCUT2D eigenvalue weighted by Gasteiger charge is -2.30. The molecule has 1 aliphatic heterocycles. The maximum Gasteiger partial charge on any atom is 0.247 e. The van der Waals surface area contributed by atoms with E-state index >= 15 is 0 Å². The van der Waals surface area contributed by atoms with Crippen LogP contribution in [0, 0.1) is 11.3 Å². The van der Waals surface area contributed by atoms with Gasteiger partial charge in [0.05, 0.1) is 12.6 Å². The van der Waals surface area contributed by atoms with Gasteiger partial charge in [-0.25, -0.2) is 0 Å². The maximum absolute atomic E-state index is 9.14. The maximum atomic E-state index is 9.14. The van der Waals surface area contributed by atoms with E-state index in [0.29, 0.717) is 29.9 Å². The molecule has 1 aromatic heterocycles. The summed E-state index contributed by atoms with van der Waals surface area (Å²) in [6.45, 7) is 2.79. The zero-order chi connectivity index (χ0) is 14.7. The van der Waals surface area contributed by atoms with Crippen LogP contribution in [0.4, 0.5) is 0 Å². The monoisotopic (exact) mass is 303 g/mol. The molecule has 3 rings (SSSR count). The van der Waals surface area contributed by atoms with Gasteiger partial charge in [-0.15, -0.1) is 10.2 Å². The van der Waals surface area contributed by atoms with Crippen molar-refractivity contribution in [2.45, 2.75) is 12.6 Å². The molecule has 2 aromatic rings. The van der Waals surface area contributed by atoms with Crippen LogP contribution in [0.25, 0.3) is 11.5 Å². The molecule has 21 heavy (non-hydrogen) atoms. The average molecular weight is 304 g/mol. The smallest absolute Gasteiger partial charge is 0.247 e. The molecule has 1 atom stereocenters. The predicted octanol–water partition coefficient (Wildman–Crippen LogP) is 1.69. The number of nitrogens with zero attached hydrogens (tertiary/aromatic N) is 4. The first kappa shape index (κ1) is 14.0. The second kappa shape index (κ2) is 6.22. The zero-order valence-corrected chi connectivity index (χ0v) is 12.0. The molecule has 7 heteroatoms. The molecule has 0 saturated carbocycles. The molecule has 0 radical (unpaired) electrons. The summed E-state index contributed by atoms with van der Waals surface area (Å²) in [6, 6.07) is 9.35. The van der Waals surface area contributed by atoms with Gasteiger partial charge < -0.3 is 9.73 Å². The van der Waals surface area contributed by atoms with Crippen LogP contribution in [0.5, 0.6) is 0 Å². The largest absolute Gasteiger partial charge is 0.419 e. The first-order valence-electron chi connectivity index (χ1n) is 6.69. The van der Waals surface area contributed by atoms with E-state index in [1.165, 1.54) is 0 Å². The van der Waals surface area contributed by atoms with Crippen molar-refractivity contribution >= 4 is 11.6 Å². The Hall–Kier alpha value is -1.94. The van der Waals surface area contributed by atoms with Gasteiger partial charge in [-0.1, -0.05) is 11.6 Å². The minimum absolute atomic E-state index is 0.162. The molecule has 6 nitrogen and oxygen atoms in total. The molecule has 0 aliphatic carbocycles. The SMILES string of the molecule is N#CC1CNCCN1Cc1nnc(-c2ccc(Cl)cc2)o1. The fourth-order valence-corrected chi connectivity index (χ4v) is 2.39. The molecule has 1 fully saturated rings. The van der Waals surface area contributed by atoms with E-state index in [2.05, 4.69) is 21.6 Å². The van der Waals surface area contributed by atoms with Gasteiger partial charge in [0.15, 0.2) is 0 Å². The Bertz CT molecular complexity index is 648. The van der Waals surface area contributed by atoms with Gasteiger partial charge in [-0.05, 0) is 24.3 Å². The Morgan fingerprint density at radius 3 is 2.95 bits per heavy atom. The number of halogens is 1. The number of benzene rings is 1. The van der Waals surface area contributed by atoms with E-state index in [-0.39, 0.29) is 6.04 Å². The van der Waals surface area contributed by atoms with Crippen LogP contribution in [-0.4, -0.2) is 40.8 Å². The molecule has 0 amide bonds. The summed E-state index contributed by atoms with van der Waals surface area (Å²) in [5.41, 5.74) is 0.829. The number of nitriles is 1. The van der Waals surface area contributed by atoms with Crippen molar-refractivity contribution in [1.29, 1.82) is 5.26 Å². The molecular formula is C14H14ClN5O. The van der Waals surface area contributed by atoms with Gasteiger partial charge in [0.25, 0.3) is 0 Å². The van der Waals surface area contributed by atoms with Crippen molar-refractivity contribution in [2.24, 2.45) is 0 Å². The number of nitrogens with one attached hydrogen (secondary N) is 1. The normalized spacial score (nSPS) is 19.3. The van der Waals surface area contributed by atoms with Crippen molar-refractivity contribution in [3.05, 3.63) is 35.2 Å². The van der Waals surface area contributed by atoms with Crippen molar-refractivity contribution in [2.75, 3.05) is 19.6 Å². The fourth-order valence-electron chi connectivity index (χ4n) is 2.26.